The van der Waals surface area contributed by atoms with E-state index in [4.69, 9.17) is 13.8 Å². The van der Waals surface area contributed by atoms with Crippen molar-refractivity contribution < 1.29 is 18.6 Å². The molecule has 2 aromatic heterocycles. The van der Waals surface area contributed by atoms with Gasteiger partial charge in [-0.1, -0.05) is 5.16 Å². The quantitative estimate of drug-likeness (QED) is 0.722. The summed E-state index contributed by atoms with van der Waals surface area (Å²) in [4.78, 5) is 15.1. The summed E-state index contributed by atoms with van der Waals surface area (Å²) < 4.78 is 14.4. The van der Waals surface area contributed by atoms with E-state index in [0.29, 0.717) is 11.5 Å². The van der Waals surface area contributed by atoms with Crippen molar-refractivity contribution in [2.45, 2.75) is 13.8 Å². The third-order valence-electron chi connectivity index (χ3n) is 1.73. The third-order valence-corrected chi connectivity index (χ3v) is 1.73. The van der Waals surface area contributed by atoms with Gasteiger partial charge in [-0.05, 0) is 19.0 Å². The van der Waals surface area contributed by atoms with E-state index >= 15 is 0 Å². The van der Waals surface area contributed by atoms with Crippen LogP contribution in [0.1, 0.15) is 23.3 Å². The van der Waals surface area contributed by atoms with Crippen LogP contribution in [0.2, 0.25) is 0 Å². The summed E-state index contributed by atoms with van der Waals surface area (Å²) in [5.74, 6) is -0.0130. The van der Waals surface area contributed by atoms with Crippen molar-refractivity contribution >= 4 is 5.97 Å². The van der Waals surface area contributed by atoms with Gasteiger partial charge < -0.3 is 13.8 Å². The van der Waals surface area contributed by atoms with Gasteiger partial charge in [0.2, 0.25) is 0 Å². The van der Waals surface area contributed by atoms with E-state index in [1.54, 1.807) is 19.9 Å². The Morgan fingerprint density at radius 2 is 2.25 bits per heavy atom. The first-order valence-corrected chi connectivity index (χ1v) is 4.65. The Kier molecular flexibility index (Phi) is 2.67. The molecule has 0 radical (unpaired) electrons. The van der Waals surface area contributed by atoms with Crippen molar-refractivity contribution in [3.8, 4) is 11.6 Å². The SMILES string of the molecule is CCOC(=O)c1noc(-c2cc(C)on2)n1. The van der Waals surface area contributed by atoms with Crippen molar-refractivity contribution in [3.05, 3.63) is 17.7 Å². The normalized spacial score (nSPS) is 10.4. The van der Waals surface area contributed by atoms with E-state index in [9.17, 15) is 4.79 Å². The highest BCUT2D eigenvalue weighted by molar-refractivity contribution is 5.85. The number of hydrogen-bond acceptors (Lipinski definition) is 7. The van der Waals surface area contributed by atoms with Crippen LogP contribution in [0, 0.1) is 6.92 Å². The lowest BCUT2D eigenvalue weighted by Gasteiger charge is -1.93. The molecule has 0 spiro atoms. The highest BCUT2D eigenvalue weighted by Crippen LogP contribution is 2.16. The van der Waals surface area contributed by atoms with Gasteiger partial charge >= 0.3 is 5.97 Å². The average molecular weight is 223 g/mol. The Labute approximate surface area is 90.4 Å². The van der Waals surface area contributed by atoms with Gasteiger partial charge in [0.1, 0.15) is 5.76 Å². The van der Waals surface area contributed by atoms with Crippen molar-refractivity contribution in [3.63, 3.8) is 0 Å². The maximum absolute atomic E-state index is 11.2. The smallest absolute Gasteiger partial charge is 0.379 e. The Morgan fingerprint density at radius 3 is 2.88 bits per heavy atom. The highest BCUT2D eigenvalue weighted by atomic mass is 16.5. The van der Waals surface area contributed by atoms with Crippen LogP contribution >= 0.6 is 0 Å². The molecule has 16 heavy (non-hydrogen) atoms. The standard InChI is InChI=1S/C9H9N3O4/c1-3-14-9(13)7-10-8(16-12-7)6-4-5(2)15-11-6/h4H,3H2,1-2H3. The summed E-state index contributed by atoms with van der Waals surface area (Å²) in [6.45, 7) is 3.69. The monoisotopic (exact) mass is 223 g/mol. The maximum Gasteiger partial charge on any atom is 0.379 e. The second-order valence-electron chi connectivity index (χ2n) is 2.97. The van der Waals surface area contributed by atoms with Crippen LogP contribution in [-0.2, 0) is 4.74 Å². The van der Waals surface area contributed by atoms with E-state index in [1.807, 2.05) is 0 Å². The zero-order valence-corrected chi connectivity index (χ0v) is 8.76. The van der Waals surface area contributed by atoms with Crippen LogP contribution in [0.25, 0.3) is 11.6 Å². The van der Waals surface area contributed by atoms with Crippen LogP contribution in [-0.4, -0.2) is 27.9 Å². The number of rotatable bonds is 3. The van der Waals surface area contributed by atoms with Crippen molar-refractivity contribution in [2.75, 3.05) is 6.61 Å². The summed E-state index contributed by atoms with van der Waals surface area (Å²) >= 11 is 0. The molecular formula is C9H9N3O4. The van der Waals surface area contributed by atoms with E-state index < -0.39 is 5.97 Å². The third kappa shape index (κ3) is 1.92. The van der Waals surface area contributed by atoms with E-state index in [-0.39, 0.29) is 18.3 Å². The molecule has 2 aromatic rings. The number of esters is 1. The number of carbonyl (C=O) groups excluding carboxylic acids is 1. The van der Waals surface area contributed by atoms with Gasteiger partial charge in [-0.2, -0.15) is 4.98 Å². The lowest BCUT2D eigenvalue weighted by Crippen LogP contribution is -2.06. The predicted octanol–water partition coefficient (Wildman–Crippen LogP) is 1.21. The van der Waals surface area contributed by atoms with Crippen LogP contribution in [0.3, 0.4) is 0 Å². The maximum atomic E-state index is 11.2. The van der Waals surface area contributed by atoms with Crippen LogP contribution in [0.15, 0.2) is 15.1 Å². The fourth-order valence-electron chi connectivity index (χ4n) is 1.07. The highest BCUT2D eigenvalue weighted by Gasteiger charge is 2.18. The molecule has 7 nitrogen and oxygen atoms in total. The number of aromatic nitrogens is 3. The minimum atomic E-state index is -0.627. The molecule has 7 heteroatoms. The second kappa shape index (κ2) is 4.13. The van der Waals surface area contributed by atoms with Crippen molar-refractivity contribution in [1.29, 1.82) is 0 Å². The van der Waals surface area contributed by atoms with Crippen LogP contribution < -0.4 is 0 Å². The minimum absolute atomic E-state index is 0.125. The van der Waals surface area contributed by atoms with Gasteiger partial charge in [-0.25, -0.2) is 4.79 Å². The lowest BCUT2D eigenvalue weighted by atomic mass is 10.4. The summed E-state index contributed by atoms with van der Waals surface area (Å²) in [5, 5.41) is 7.16. The topological polar surface area (TPSA) is 91.2 Å². The molecule has 0 amide bonds. The van der Waals surface area contributed by atoms with Crippen LogP contribution in [0.5, 0.6) is 0 Å². The van der Waals surface area contributed by atoms with Gasteiger partial charge in [0, 0.05) is 6.07 Å². The molecule has 0 unspecified atom stereocenters. The molecular weight excluding hydrogens is 214 g/mol. The van der Waals surface area contributed by atoms with Gasteiger partial charge in [-0.3, -0.25) is 0 Å². The molecule has 0 aliphatic carbocycles. The summed E-state index contributed by atoms with van der Waals surface area (Å²) in [6, 6.07) is 1.63. The number of aryl methyl sites for hydroxylation is 1. The molecule has 84 valence electrons. The number of hydrogen-bond donors (Lipinski definition) is 0. The number of carbonyl (C=O) groups is 1. The predicted molar refractivity (Wildman–Crippen MR) is 50.5 cm³/mol. The van der Waals surface area contributed by atoms with E-state index in [1.165, 1.54) is 0 Å². The lowest BCUT2D eigenvalue weighted by molar-refractivity contribution is 0.0508. The average Bonchev–Trinajstić information content (AvgIpc) is 2.85. The molecule has 0 N–H and O–H groups in total. The first kappa shape index (κ1) is 10.3. The molecule has 2 rings (SSSR count). The van der Waals surface area contributed by atoms with E-state index in [2.05, 4.69) is 15.3 Å². The Morgan fingerprint density at radius 1 is 1.44 bits per heavy atom. The first-order chi connectivity index (χ1) is 7.70. The van der Waals surface area contributed by atoms with Gasteiger partial charge in [-0.15, -0.1) is 0 Å². The minimum Gasteiger partial charge on any atom is -0.460 e. The number of nitrogens with zero attached hydrogens (tertiary/aromatic N) is 3. The molecule has 0 atom stereocenters. The summed E-state index contributed by atoms with van der Waals surface area (Å²) in [6.07, 6.45) is 0. The number of ether oxygens (including phenoxy) is 1. The van der Waals surface area contributed by atoms with Crippen molar-refractivity contribution in [2.24, 2.45) is 0 Å². The second-order valence-corrected chi connectivity index (χ2v) is 2.97. The molecule has 0 aliphatic rings. The van der Waals surface area contributed by atoms with Gasteiger partial charge in [0.15, 0.2) is 5.69 Å². The molecule has 0 saturated heterocycles. The molecule has 2 heterocycles. The Hall–Kier alpha value is -2.18. The first-order valence-electron chi connectivity index (χ1n) is 4.65. The fraction of sp³-hybridized carbons (Fsp3) is 0.333. The molecule has 0 fully saturated rings. The fourth-order valence-corrected chi connectivity index (χ4v) is 1.07. The Bertz CT molecular complexity index is 502. The molecule has 0 aromatic carbocycles. The zero-order chi connectivity index (χ0) is 11.5. The van der Waals surface area contributed by atoms with Crippen molar-refractivity contribution in [1.82, 2.24) is 15.3 Å². The largest absolute Gasteiger partial charge is 0.460 e. The molecule has 0 aliphatic heterocycles. The zero-order valence-electron chi connectivity index (χ0n) is 8.76. The van der Waals surface area contributed by atoms with Gasteiger partial charge in [0.25, 0.3) is 11.7 Å². The van der Waals surface area contributed by atoms with E-state index in [0.717, 1.165) is 0 Å². The Balaban J connectivity index is 2.22. The summed E-state index contributed by atoms with van der Waals surface area (Å²) in [5.41, 5.74) is 0.389. The molecule has 0 bridgehead atoms. The van der Waals surface area contributed by atoms with Crippen LogP contribution in [0.4, 0.5) is 0 Å². The molecule has 0 saturated carbocycles. The summed E-state index contributed by atoms with van der Waals surface area (Å²) in [7, 11) is 0. The van der Waals surface area contributed by atoms with Gasteiger partial charge in [0.05, 0.1) is 6.61 Å².